The third-order valence-corrected chi connectivity index (χ3v) is 6.77. The molecular weight excluding hydrogens is 580 g/mol. The molecule has 2 aromatic rings. The van der Waals surface area contributed by atoms with E-state index < -0.39 is 58.9 Å². The van der Waals surface area contributed by atoms with Crippen molar-refractivity contribution in [1.29, 1.82) is 0 Å². The number of fused-ring (bicyclic) bond motifs is 2. The van der Waals surface area contributed by atoms with Gasteiger partial charge in [0.15, 0.2) is 0 Å². The van der Waals surface area contributed by atoms with E-state index in [4.69, 9.17) is 21.7 Å². The molecule has 2 amide bonds. The summed E-state index contributed by atoms with van der Waals surface area (Å²) < 4.78 is 0. The van der Waals surface area contributed by atoms with E-state index in [9.17, 15) is 39.0 Å². The van der Waals surface area contributed by atoms with E-state index in [2.05, 4.69) is 21.3 Å². The molecule has 0 fully saturated rings. The topological polar surface area (TPSA) is 284 Å². The number of carbonyl (C=O) groups excluding carboxylic acids is 4. The van der Waals surface area contributed by atoms with Gasteiger partial charge in [0.25, 0.3) is 0 Å². The molecule has 1 aliphatic rings. The van der Waals surface area contributed by atoms with E-state index in [0.29, 0.717) is 0 Å². The first-order valence-electron chi connectivity index (χ1n) is 13.6. The van der Waals surface area contributed by atoms with Gasteiger partial charge in [-0.2, -0.15) is 0 Å². The van der Waals surface area contributed by atoms with Crippen molar-refractivity contribution >= 4 is 46.7 Å². The molecule has 0 spiro atoms. The lowest BCUT2D eigenvalue weighted by molar-refractivity contribution is -0.138. The van der Waals surface area contributed by atoms with Crippen molar-refractivity contribution < 1.29 is 49.2 Å². The minimum absolute atomic E-state index is 0.0352. The molecule has 0 radical (unpaired) electrons. The Kier molecular flexibility index (Phi) is 11.2. The molecular formula is C28H34N6O10. The van der Waals surface area contributed by atoms with E-state index >= 15 is 0 Å². The van der Waals surface area contributed by atoms with E-state index in [1.54, 1.807) is 0 Å². The molecule has 0 aliphatic heterocycles. The molecule has 0 unspecified atom stereocenters. The number of nitrogens with one attached hydrogen (secondary N) is 4. The summed E-state index contributed by atoms with van der Waals surface area (Å²) in [6.45, 7) is 0.219. The summed E-state index contributed by atoms with van der Waals surface area (Å²) in [7, 11) is 0. The third-order valence-electron chi connectivity index (χ3n) is 6.77. The fourth-order valence-electron chi connectivity index (χ4n) is 4.51. The van der Waals surface area contributed by atoms with Crippen molar-refractivity contribution in [3.05, 3.63) is 46.5 Å². The monoisotopic (exact) mass is 614 g/mol. The zero-order valence-electron chi connectivity index (χ0n) is 23.5. The molecule has 2 atom stereocenters. The smallest absolute Gasteiger partial charge is 0.303 e. The van der Waals surface area contributed by atoms with E-state index in [1.807, 2.05) is 0 Å². The molecule has 3 rings (SSSR count). The number of hydrogen-bond donors (Lipinski definition) is 10. The molecule has 0 bridgehead atoms. The van der Waals surface area contributed by atoms with Gasteiger partial charge >= 0.3 is 11.9 Å². The van der Waals surface area contributed by atoms with Crippen molar-refractivity contribution in [3.8, 4) is 11.5 Å². The average molecular weight is 615 g/mol. The Morgan fingerprint density at radius 1 is 0.614 bits per heavy atom. The number of rotatable bonds is 16. The van der Waals surface area contributed by atoms with Crippen molar-refractivity contribution in [2.24, 2.45) is 11.5 Å². The number of carboxylic acid groups (broad SMARTS) is 2. The number of aromatic hydroxyl groups is 2. The van der Waals surface area contributed by atoms with Crippen LogP contribution in [0.25, 0.3) is 0 Å². The number of amides is 2. The van der Waals surface area contributed by atoms with Gasteiger partial charge in [-0.1, -0.05) is 0 Å². The van der Waals surface area contributed by atoms with Crippen LogP contribution in [0.3, 0.4) is 0 Å². The second kappa shape index (κ2) is 14.8. The van der Waals surface area contributed by atoms with Gasteiger partial charge in [-0.05, 0) is 37.1 Å². The van der Waals surface area contributed by atoms with Crippen LogP contribution in [0.2, 0.25) is 0 Å². The van der Waals surface area contributed by atoms with Crippen LogP contribution in [-0.4, -0.2) is 94.0 Å². The van der Waals surface area contributed by atoms with Gasteiger partial charge < -0.3 is 53.2 Å². The molecule has 44 heavy (non-hydrogen) atoms. The highest BCUT2D eigenvalue weighted by molar-refractivity contribution is 6.33. The Bertz CT molecular complexity index is 1370. The van der Waals surface area contributed by atoms with Crippen LogP contribution in [0.1, 0.15) is 57.5 Å². The highest BCUT2D eigenvalue weighted by Gasteiger charge is 2.38. The largest absolute Gasteiger partial charge is 0.507 e. The summed E-state index contributed by atoms with van der Waals surface area (Å²) >= 11 is 0. The molecule has 12 N–H and O–H groups in total. The number of phenolic OH excluding ortho intramolecular Hbond substituents is 2. The first kappa shape index (κ1) is 33.3. The predicted octanol–water partition coefficient (Wildman–Crippen LogP) is -0.686. The van der Waals surface area contributed by atoms with Gasteiger partial charge in [0, 0.05) is 50.4 Å². The van der Waals surface area contributed by atoms with Gasteiger partial charge in [-0.15, -0.1) is 0 Å². The molecule has 0 heterocycles. The van der Waals surface area contributed by atoms with Gasteiger partial charge in [-0.25, -0.2) is 0 Å². The number of anilines is 2. The van der Waals surface area contributed by atoms with Crippen LogP contribution in [0.15, 0.2) is 24.3 Å². The Labute approximate surface area is 250 Å². The lowest BCUT2D eigenvalue weighted by Crippen LogP contribution is -2.42. The first-order chi connectivity index (χ1) is 20.8. The number of ketones is 2. The minimum Gasteiger partial charge on any atom is -0.507 e. The summed E-state index contributed by atoms with van der Waals surface area (Å²) in [6.07, 6.45) is -0.646. The molecule has 1 aliphatic carbocycles. The van der Waals surface area contributed by atoms with Gasteiger partial charge in [0.05, 0.1) is 34.3 Å². The molecule has 16 heteroatoms. The number of benzene rings is 2. The van der Waals surface area contributed by atoms with Crippen LogP contribution >= 0.6 is 0 Å². The number of carboxylic acids is 2. The maximum atomic E-state index is 13.6. The maximum Gasteiger partial charge on any atom is 0.303 e. The van der Waals surface area contributed by atoms with E-state index in [-0.39, 0.29) is 85.5 Å². The van der Waals surface area contributed by atoms with Crippen LogP contribution in [0.4, 0.5) is 11.4 Å². The fraction of sp³-hybridized carbons (Fsp3) is 0.357. The summed E-state index contributed by atoms with van der Waals surface area (Å²) in [6, 6.07) is 3.12. The molecule has 236 valence electrons. The third kappa shape index (κ3) is 7.99. The quantitative estimate of drug-likeness (QED) is 0.0706. The van der Waals surface area contributed by atoms with Crippen LogP contribution in [0, 0.1) is 0 Å². The number of carbonyl (C=O) groups is 6. The van der Waals surface area contributed by atoms with E-state index in [0.717, 1.165) is 12.1 Å². The SMILES string of the molecule is N[C@@H](CCC(=O)O)C(=O)NCCNc1ccc(NCCNC(=O)[C@@H](N)CCC(=O)O)c2c1C(=O)c1c(O)ccc(O)c1C2=O. The average Bonchev–Trinajstić information content (AvgIpc) is 2.98. The molecule has 2 aromatic carbocycles. The Morgan fingerprint density at radius 2 is 0.977 bits per heavy atom. The number of phenols is 2. The number of hydrogen-bond acceptors (Lipinski definition) is 12. The highest BCUT2D eigenvalue weighted by Crippen LogP contribution is 2.42. The van der Waals surface area contributed by atoms with Crippen molar-refractivity contribution in [3.63, 3.8) is 0 Å². The first-order valence-corrected chi connectivity index (χ1v) is 13.6. The van der Waals surface area contributed by atoms with Gasteiger partial charge in [0.2, 0.25) is 23.4 Å². The lowest BCUT2D eigenvalue weighted by atomic mass is 9.81. The highest BCUT2D eigenvalue weighted by atomic mass is 16.4. The van der Waals surface area contributed by atoms with Gasteiger partial charge in [-0.3, -0.25) is 28.8 Å². The van der Waals surface area contributed by atoms with Crippen molar-refractivity contribution in [1.82, 2.24) is 10.6 Å². The zero-order chi connectivity index (χ0) is 32.6. The minimum atomic E-state index is -1.08. The number of nitrogens with two attached hydrogens (primary N) is 2. The van der Waals surface area contributed by atoms with Gasteiger partial charge in [0.1, 0.15) is 11.5 Å². The Balaban J connectivity index is 1.77. The Morgan fingerprint density at radius 3 is 1.32 bits per heavy atom. The second-order valence-corrected chi connectivity index (χ2v) is 9.94. The van der Waals surface area contributed by atoms with Crippen LogP contribution in [-0.2, 0) is 19.2 Å². The normalized spacial score (nSPS) is 13.2. The van der Waals surface area contributed by atoms with Crippen molar-refractivity contribution in [2.45, 2.75) is 37.8 Å². The molecule has 16 nitrogen and oxygen atoms in total. The standard InChI is InChI=1S/C28H34N6O10/c29-13(1-7-19(37)38)27(43)33-11-9-31-15-3-4-16(32-10-12-34-28(44)14(30)2-8-20(39)40)22-21(15)25(41)23-17(35)5-6-18(36)24(23)26(22)42/h3-6,13-14,31-32,35-36H,1-2,7-12,29-30H2,(H,33,43)(H,34,44)(H,37,38)(H,39,40)/t13-,14-/m0/s1. The van der Waals surface area contributed by atoms with E-state index in [1.165, 1.54) is 12.1 Å². The summed E-state index contributed by atoms with van der Waals surface area (Å²) in [5.74, 6) is -5.79. The van der Waals surface area contributed by atoms with Crippen LogP contribution in [0.5, 0.6) is 11.5 Å². The summed E-state index contributed by atoms with van der Waals surface area (Å²) in [5, 5.41) is 49.3. The zero-order valence-corrected chi connectivity index (χ0v) is 23.5. The van der Waals surface area contributed by atoms with Crippen LogP contribution < -0.4 is 32.7 Å². The predicted molar refractivity (Wildman–Crippen MR) is 156 cm³/mol. The fourth-order valence-corrected chi connectivity index (χ4v) is 4.51. The molecule has 0 saturated heterocycles. The summed E-state index contributed by atoms with van der Waals surface area (Å²) in [4.78, 5) is 72.9. The second-order valence-electron chi connectivity index (χ2n) is 9.94. The van der Waals surface area contributed by atoms with Crippen molar-refractivity contribution in [2.75, 3.05) is 36.8 Å². The number of aliphatic carboxylic acids is 2. The molecule has 0 saturated carbocycles. The lowest BCUT2D eigenvalue weighted by Gasteiger charge is -2.25. The summed E-state index contributed by atoms with van der Waals surface area (Å²) in [5.41, 5.74) is 10.8. The molecule has 0 aromatic heterocycles. The maximum absolute atomic E-state index is 13.6. The Hall–Kier alpha value is -5.22.